The average Bonchev–Trinajstić information content (AvgIpc) is 3.73. The number of benzene rings is 2. The highest BCUT2D eigenvalue weighted by Crippen LogP contribution is 2.23. The van der Waals surface area contributed by atoms with Crippen LogP contribution in [-0.4, -0.2) is 59.1 Å². The number of amides is 1. The maximum Gasteiger partial charge on any atom is 0.267 e. The van der Waals surface area contributed by atoms with Gasteiger partial charge < -0.3 is 35.8 Å². The van der Waals surface area contributed by atoms with Crippen LogP contribution < -0.4 is 16.1 Å². The van der Waals surface area contributed by atoms with Gasteiger partial charge in [-0.3, -0.25) is 9.59 Å². The van der Waals surface area contributed by atoms with Crippen molar-refractivity contribution in [3.63, 3.8) is 0 Å². The Morgan fingerprint density at radius 3 is 2.23 bits per heavy atom. The lowest BCUT2D eigenvalue weighted by atomic mass is 10.1. The maximum absolute atomic E-state index is 12.1. The van der Waals surface area contributed by atoms with Gasteiger partial charge in [-0.05, 0) is 24.3 Å². The zero-order chi connectivity index (χ0) is 30.2. The summed E-state index contributed by atoms with van der Waals surface area (Å²) in [5.41, 5.74) is 4.09. The number of phenolic OH excluding ortho intramolecular Hbond substituents is 2. The molecule has 218 valence electrons. The third kappa shape index (κ3) is 7.06. The summed E-state index contributed by atoms with van der Waals surface area (Å²) in [6.45, 7) is 5.14. The lowest BCUT2D eigenvalue weighted by Gasteiger charge is -2.09. The first kappa shape index (κ1) is 28.6. The Labute approximate surface area is 245 Å². The van der Waals surface area contributed by atoms with E-state index in [1.165, 1.54) is 12.1 Å². The monoisotopic (exact) mass is 578 g/mol. The van der Waals surface area contributed by atoms with Crippen molar-refractivity contribution in [2.45, 2.75) is 12.8 Å². The third-order valence-corrected chi connectivity index (χ3v) is 6.62. The fourth-order valence-corrected chi connectivity index (χ4v) is 4.37. The van der Waals surface area contributed by atoms with Gasteiger partial charge in [0.25, 0.3) is 5.91 Å². The van der Waals surface area contributed by atoms with Crippen molar-refractivity contribution in [2.75, 3.05) is 13.1 Å². The molecule has 12 nitrogen and oxygen atoms in total. The van der Waals surface area contributed by atoms with Crippen LogP contribution in [0.2, 0.25) is 0 Å². The quantitative estimate of drug-likeness (QED) is 0.136. The highest BCUT2D eigenvalue weighted by molar-refractivity contribution is 5.95. The fraction of sp³-hybridized carbons (Fsp3) is 0.129. The molecule has 0 bridgehead atoms. The molecule has 12 heteroatoms. The normalized spacial score (nSPS) is 10.7. The number of hydrogen-bond donors (Lipinski definition) is 7. The minimum absolute atomic E-state index is 0.0679. The average molecular weight is 579 g/mol. The van der Waals surface area contributed by atoms with E-state index in [0.29, 0.717) is 23.9 Å². The highest BCUT2D eigenvalue weighted by Gasteiger charge is 2.11. The van der Waals surface area contributed by atoms with Crippen molar-refractivity contribution < 1.29 is 15.0 Å². The third-order valence-electron chi connectivity index (χ3n) is 6.62. The Balaban J connectivity index is 0.000000171. The van der Waals surface area contributed by atoms with Crippen LogP contribution in [0.15, 0.2) is 91.0 Å². The number of aromatic nitrogens is 6. The van der Waals surface area contributed by atoms with Crippen molar-refractivity contribution in [2.24, 2.45) is 0 Å². The Bertz CT molecular complexity index is 1910. The largest absolute Gasteiger partial charge is 0.506 e. The summed E-state index contributed by atoms with van der Waals surface area (Å²) in [4.78, 5) is 45.2. The van der Waals surface area contributed by atoms with Crippen LogP contribution in [0.5, 0.6) is 11.5 Å². The van der Waals surface area contributed by atoms with Gasteiger partial charge in [-0.2, -0.15) is 0 Å². The number of fused-ring (bicyclic) bond motifs is 2. The zero-order valence-corrected chi connectivity index (χ0v) is 23.1. The molecule has 0 aliphatic rings. The predicted octanol–water partition coefficient (Wildman–Crippen LogP) is 3.40. The molecule has 2 aromatic carbocycles. The van der Waals surface area contributed by atoms with Crippen molar-refractivity contribution in [1.82, 2.24) is 40.5 Å². The van der Waals surface area contributed by atoms with E-state index >= 15 is 0 Å². The second-order valence-electron chi connectivity index (χ2n) is 9.61. The van der Waals surface area contributed by atoms with E-state index < -0.39 is 5.91 Å². The van der Waals surface area contributed by atoms with Gasteiger partial charge in [0.05, 0.1) is 29.6 Å². The van der Waals surface area contributed by atoms with E-state index in [9.17, 15) is 19.8 Å². The van der Waals surface area contributed by atoms with Gasteiger partial charge in [0.15, 0.2) is 5.43 Å². The van der Waals surface area contributed by atoms with Crippen LogP contribution in [0.3, 0.4) is 0 Å². The maximum atomic E-state index is 12.1. The number of nitrogens with zero attached hydrogens (tertiary/aromatic N) is 3. The second-order valence-corrected chi connectivity index (χ2v) is 9.61. The fourth-order valence-electron chi connectivity index (χ4n) is 4.37. The van der Waals surface area contributed by atoms with Gasteiger partial charge in [-0.25, -0.2) is 15.0 Å². The summed E-state index contributed by atoms with van der Waals surface area (Å²) in [7, 11) is 0. The smallest absolute Gasteiger partial charge is 0.267 e. The molecule has 0 aliphatic carbocycles. The Kier molecular flexibility index (Phi) is 8.76. The summed E-state index contributed by atoms with van der Waals surface area (Å²) in [6, 6.07) is 15.0. The summed E-state index contributed by atoms with van der Waals surface area (Å²) in [5.74, 6) is -0.289. The van der Waals surface area contributed by atoms with Crippen LogP contribution >= 0.6 is 0 Å². The number of aromatic amines is 3. The van der Waals surface area contributed by atoms with Gasteiger partial charge in [-0.15, -0.1) is 0 Å². The molecule has 7 N–H and O–H groups in total. The first-order valence-electron chi connectivity index (χ1n) is 13.5. The van der Waals surface area contributed by atoms with E-state index in [1.54, 1.807) is 49.3 Å². The van der Waals surface area contributed by atoms with Crippen LogP contribution in [-0.2, 0) is 12.8 Å². The van der Waals surface area contributed by atoms with E-state index in [1.807, 2.05) is 18.2 Å². The lowest BCUT2D eigenvalue weighted by Crippen LogP contribution is -2.27. The summed E-state index contributed by atoms with van der Waals surface area (Å²) < 4.78 is 0. The number of carbonyl (C=O) groups excluding carboxylic acids is 1. The number of aromatic hydroxyl groups is 2. The molecule has 6 aromatic rings. The molecule has 1 amide bonds. The topological polar surface area (TPSA) is 185 Å². The number of carbonyl (C=O) groups is 1. The van der Waals surface area contributed by atoms with Gasteiger partial charge in [0.2, 0.25) is 0 Å². The van der Waals surface area contributed by atoms with Crippen molar-refractivity contribution in [3.8, 4) is 11.5 Å². The van der Waals surface area contributed by atoms with Gasteiger partial charge in [-0.1, -0.05) is 30.8 Å². The Morgan fingerprint density at radius 2 is 1.53 bits per heavy atom. The molecular weight excluding hydrogens is 548 g/mol. The number of imidazole rings is 2. The predicted molar refractivity (Wildman–Crippen MR) is 164 cm³/mol. The highest BCUT2D eigenvalue weighted by atomic mass is 16.3. The van der Waals surface area contributed by atoms with Gasteiger partial charge in [0, 0.05) is 66.6 Å². The first-order chi connectivity index (χ1) is 20.9. The van der Waals surface area contributed by atoms with Gasteiger partial charge >= 0.3 is 0 Å². The molecule has 0 saturated carbocycles. The molecule has 0 fully saturated rings. The molecule has 0 aliphatic heterocycles. The van der Waals surface area contributed by atoms with E-state index in [2.05, 4.69) is 47.1 Å². The molecule has 0 radical (unpaired) electrons. The molecule has 43 heavy (non-hydrogen) atoms. The molecule has 4 aromatic heterocycles. The molecule has 0 spiro atoms. The molecular formula is C31H30N8O4. The summed E-state index contributed by atoms with van der Waals surface area (Å²) >= 11 is 0. The zero-order valence-electron chi connectivity index (χ0n) is 23.1. The SMILES string of the molecule is C=C(NCCc1cnc[nH]1)c1ccc2cccc(O)c2n1.O=C(NCCc1cnc[nH]1)c1cc(=O)c2cccc(O)c2[nH]1. The second kappa shape index (κ2) is 13.2. The molecule has 6 rings (SSSR count). The van der Waals surface area contributed by atoms with Crippen LogP contribution in [0, 0.1) is 0 Å². The number of pyridine rings is 2. The number of phenols is 2. The number of hydrogen-bond acceptors (Lipinski definition) is 8. The molecule has 4 heterocycles. The van der Waals surface area contributed by atoms with Crippen molar-refractivity contribution in [3.05, 3.63) is 119 Å². The standard InChI is InChI=1S/C16H16N4O.C15H14N4O3/c1-11(18-8-7-13-9-17-10-19-13)14-6-5-12-3-2-4-15(21)16(12)20-14;20-12-3-1-2-10-13(21)6-11(19-14(10)12)15(22)17-5-4-9-7-16-8-18-9/h2-6,9-10,18,21H,1,7-8H2,(H,17,19);1-3,6-8,20H,4-5H2,(H,16,18)(H,17,22)(H,19,21). The van der Waals surface area contributed by atoms with Crippen LogP contribution in [0.4, 0.5) is 0 Å². The molecule has 0 atom stereocenters. The number of nitrogens with one attached hydrogen (secondary N) is 5. The van der Waals surface area contributed by atoms with E-state index in [0.717, 1.165) is 41.1 Å². The summed E-state index contributed by atoms with van der Waals surface area (Å²) in [6.07, 6.45) is 8.16. The van der Waals surface area contributed by atoms with Crippen LogP contribution in [0.25, 0.3) is 27.5 Å². The number of para-hydroxylation sites is 2. The Morgan fingerprint density at radius 1 is 0.860 bits per heavy atom. The molecule has 0 unspecified atom stereocenters. The Hall–Kier alpha value is -5.91. The summed E-state index contributed by atoms with van der Waals surface area (Å²) in [5, 5.41) is 26.8. The van der Waals surface area contributed by atoms with Gasteiger partial charge in [0.1, 0.15) is 22.7 Å². The molecule has 0 saturated heterocycles. The van der Waals surface area contributed by atoms with Crippen molar-refractivity contribution >= 4 is 33.4 Å². The lowest BCUT2D eigenvalue weighted by molar-refractivity contribution is 0.0949. The number of rotatable bonds is 9. The minimum atomic E-state index is -0.401. The van der Waals surface area contributed by atoms with E-state index in [4.69, 9.17) is 0 Å². The number of H-pyrrole nitrogens is 3. The first-order valence-corrected chi connectivity index (χ1v) is 13.5. The van der Waals surface area contributed by atoms with E-state index in [-0.39, 0.29) is 28.1 Å². The van der Waals surface area contributed by atoms with Crippen molar-refractivity contribution in [1.29, 1.82) is 0 Å². The van der Waals surface area contributed by atoms with Crippen LogP contribution in [0.1, 0.15) is 27.6 Å². The minimum Gasteiger partial charge on any atom is -0.506 e.